The Labute approximate surface area is 91.9 Å². The van der Waals surface area contributed by atoms with Crippen molar-refractivity contribution in [2.24, 2.45) is 0 Å². The summed E-state index contributed by atoms with van der Waals surface area (Å²) in [7, 11) is 0. The van der Waals surface area contributed by atoms with Crippen molar-refractivity contribution in [3.05, 3.63) is 24.2 Å². The Kier molecular flexibility index (Phi) is 2.47. The van der Waals surface area contributed by atoms with Crippen molar-refractivity contribution < 1.29 is 9.90 Å². The molecule has 0 aromatic carbocycles. The van der Waals surface area contributed by atoms with Gasteiger partial charge in [0.15, 0.2) is 0 Å². The molecule has 0 aliphatic carbocycles. The van der Waals surface area contributed by atoms with Crippen LogP contribution in [0.15, 0.2) is 18.5 Å². The Hall–Kier alpha value is -2.11. The number of H-pyrrole nitrogens is 1. The number of carboxylic acid groups (broad SMARTS) is 1. The number of rotatable bonds is 3. The Morgan fingerprint density at radius 3 is 2.81 bits per heavy atom. The van der Waals surface area contributed by atoms with Crippen molar-refractivity contribution in [3.8, 4) is 11.3 Å². The average molecular weight is 220 g/mol. The Morgan fingerprint density at radius 2 is 2.31 bits per heavy atom. The molecule has 6 heteroatoms. The van der Waals surface area contributed by atoms with E-state index in [1.165, 1.54) is 6.07 Å². The second-order valence-corrected chi connectivity index (χ2v) is 3.77. The van der Waals surface area contributed by atoms with E-state index in [1.54, 1.807) is 10.9 Å². The Morgan fingerprint density at radius 1 is 1.56 bits per heavy atom. The van der Waals surface area contributed by atoms with Gasteiger partial charge >= 0.3 is 5.97 Å². The van der Waals surface area contributed by atoms with Crippen molar-refractivity contribution in [2.75, 3.05) is 0 Å². The quantitative estimate of drug-likeness (QED) is 0.822. The summed E-state index contributed by atoms with van der Waals surface area (Å²) in [4.78, 5) is 10.7. The maximum Gasteiger partial charge on any atom is 0.353 e. The molecule has 0 bridgehead atoms. The predicted molar refractivity (Wildman–Crippen MR) is 57.2 cm³/mol. The Balaban J connectivity index is 2.31. The lowest BCUT2D eigenvalue weighted by Crippen LogP contribution is -1.99. The summed E-state index contributed by atoms with van der Waals surface area (Å²) in [5, 5.41) is 19.3. The van der Waals surface area contributed by atoms with Gasteiger partial charge in [-0.25, -0.2) is 4.79 Å². The second-order valence-electron chi connectivity index (χ2n) is 3.77. The van der Waals surface area contributed by atoms with Crippen LogP contribution in [0.3, 0.4) is 0 Å². The molecule has 2 rings (SSSR count). The number of nitrogens with zero attached hydrogens (tertiary/aromatic N) is 3. The van der Waals surface area contributed by atoms with Crippen molar-refractivity contribution in [1.82, 2.24) is 20.0 Å². The van der Waals surface area contributed by atoms with Gasteiger partial charge in [-0.05, 0) is 19.9 Å². The first-order valence-corrected chi connectivity index (χ1v) is 4.91. The van der Waals surface area contributed by atoms with Gasteiger partial charge in [0, 0.05) is 17.8 Å². The van der Waals surface area contributed by atoms with Crippen LogP contribution in [-0.4, -0.2) is 31.1 Å². The molecule has 84 valence electrons. The number of carbonyl (C=O) groups is 1. The summed E-state index contributed by atoms with van der Waals surface area (Å²) in [6.45, 7) is 4.04. The van der Waals surface area contributed by atoms with E-state index in [4.69, 9.17) is 5.11 Å². The van der Waals surface area contributed by atoms with Crippen LogP contribution in [0.2, 0.25) is 0 Å². The fourth-order valence-electron chi connectivity index (χ4n) is 1.33. The number of aromatic carboxylic acids is 1. The first-order valence-electron chi connectivity index (χ1n) is 4.91. The molecular formula is C10H12N4O2. The van der Waals surface area contributed by atoms with Gasteiger partial charge in [-0.3, -0.25) is 9.78 Å². The van der Waals surface area contributed by atoms with Crippen molar-refractivity contribution in [3.63, 3.8) is 0 Å². The normalized spacial score (nSPS) is 10.9. The topological polar surface area (TPSA) is 83.8 Å². The molecule has 6 nitrogen and oxygen atoms in total. The van der Waals surface area contributed by atoms with Crippen molar-refractivity contribution in [2.45, 2.75) is 19.9 Å². The summed E-state index contributed by atoms with van der Waals surface area (Å²) in [6, 6.07) is 1.76. The maximum atomic E-state index is 10.7. The van der Waals surface area contributed by atoms with E-state index in [9.17, 15) is 4.79 Å². The first-order chi connectivity index (χ1) is 7.58. The van der Waals surface area contributed by atoms with Crippen LogP contribution in [0, 0.1) is 0 Å². The fourth-order valence-corrected chi connectivity index (χ4v) is 1.33. The van der Waals surface area contributed by atoms with E-state index in [0.717, 1.165) is 5.56 Å². The van der Waals surface area contributed by atoms with E-state index >= 15 is 0 Å². The van der Waals surface area contributed by atoms with Gasteiger partial charge in [-0.15, -0.1) is 0 Å². The number of carboxylic acids is 1. The van der Waals surface area contributed by atoms with Crippen LogP contribution in [0.4, 0.5) is 0 Å². The van der Waals surface area contributed by atoms with Gasteiger partial charge in [0.25, 0.3) is 0 Å². The molecule has 2 heterocycles. The highest BCUT2D eigenvalue weighted by molar-refractivity contribution is 5.86. The lowest BCUT2D eigenvalue weighted by Gasteiger charge is -2.02. The molecule has 2 aromatic heterocycles. The second kappa shape index (κ2) is 3.80. The van der Waals surface area contributed by atoms with Crippen LogP contribution >= 0.6 is 0 Å². The first kappa shape index (κ1) is 10.4. The third-order valence-corrected chi connectivity index (χ3v) is 2.23. The predicted octanol–water partition coefficient (Wildman–Crippen LogP) is 1.55. The molecule has 0 aliphatic rings. The van der Waals surface area contributed by atoms with Crippen molar-refractivity contribution >= 4 is 5.97 Å². The standard InChI is InChI=1S/C10H12N4O2/c1-6(2)14-5-7(4-11-14)8-3-9(10(15)16)13-12-8/h3-6H,1-2H3,(H,12,13)(H,15,16). The summed E-state index contributed by atoms with van der Waals surface area (Å²) < 4.78 is 1.80. The number of hydrogen-bond acceptors (Lipinski definition) is 3. The minimum atomic E-state index is -1.02. The fraction of sp³-hybridized carbons (Fsp3) is 0.300. The van der Waals surface area contributed by atoms with Gasteiger partial charge < -0.3 is 5.11 Å². The maximum absolute atomic E-state index is 10.7. The van der Waals surface area contributed by atoms with Crippen LogP contribution in [0.1, 0.15) is 30.4 Å². The summed E-state index contributed by atoms with van der Waals surface area (Å²) >= 11 is 0. The highest BCUT2D eigenvalue weighted by atomic mass is 16.4. The molecule has 0 spiro atoms. The number of nitrogens with one attached hydrogen (secondary N) is 1. The smallest absolute Gasteiger partial charge is 0.353 e. The van der Waals surface area contributed by atoms with E-state index in [-0.39, 0.29) is 11.7 Å². The summed E-state index contributed by atoms with van der Waals surface area (Å²) in [6.07, 6.45) is 3.51. The summed E-state index contributed by atoms with van der Waals surface area (Å²) in [5.41, 5.74) is 1.47. The van der Waals surface area contributed by atoms with Crippen LogP contribution < -0.4 is 0 Å². The van der Waals surface area contributed by atoms with Crippen LogP contribution in [0.25, 0.3) is 11.3 Å². The minimum absolute atomic E-state index is 0.0762. The van der Waals surface area contributed by atoms with Crippen LogP contribution in [-0.2, 0) is 0 Å². The molecule has 0 atom stereocenters. The van der Waals surface area contributed by atoms with Crippen molar-refractivity contribution in [1.29, 1.82) is 0 Å². The molecule has 0 unspecified atom stereocenters. The number of aromatic amines is 1. The highest BCUT2D eigenvalue weighted by Gasteiger charge is 2.11. The molecule has 0 fully saturated rings. The minimum Gasteiger partial charge on any atom is -0.477 e. The van der Waals surface area contributed by atoms with Gasteiger partial charge in [0.2, 0.25) is 0 Å². The molecule has 0 aliphatic heterocycles. The Bertz CT molecular complexity index is 512. The molecule has 2 aromatic rings. The zero-order valence-electron chi connectivity index (χ0n) is 9.01. The molecule has 0 amide bonds. The van der Waals surface area contributed by atoms with Crippen LogP contribution in [0.5, 0.6) is 0 Å². The zero-order chi connectivity index (χ0) is 11.7. The van der Waals surface area contributed by atoms with E-state index in [0.29, 0.717) is 5.69 Å². The third kappa shape index (κ3) is 1.81. The van der Waals surface area contributed by atoms with Gasteiger partial charge in [0.1, 0.15) is 5.69 Å². The molecule has 0 saturated heterocycles. The average Bonchev–Trinajstić information content (AvgIpc) is 2.86. The lowest BCUT2D eigenvalue weighted by molar-refractivity contribution is 0.0690. The molecule has 2 N–H and O–H groups in total. The lowest BCUT2D eigenvalue weighted by atomic mass is 10.2. The number of hydrogen-bond donors (Lipinski definition) is 2. The van der Waals surface area contributed by atoms with Gasteiger partial charge in [0.05, 0.1) is 11.9 Å². The van der Waals surface area contributed by atoms with E-state index < -0.39 is 5.97 Å². The highest BCUT2D eigenvalue weighted by Crippen LogP contribution is 2.18. The zero-order valence-corrected chi connectivity index (χ0v) is 9.01. The largest absolute Gasteiger partial charge is 0.477 e. The van der Waals surface area contributed by atoms with Gasteiger partial charge in [-0.1, -0.05) is 0 Å². The van der Waals surface area contributed by atoms with E-state index in [1.807, 2.05) is 20.0 Å². The molecule has 0 saturated carbocycles. The summed E-state index contributed by atoms with van der Waals surface area (Å²) in [5.74, 6) is -1.02. The number of aromatic nitrogens is 4. The SMILES string of the molecule is CC(C)n1cc(-c2cc(C(=O)O)[nH]n2)cn1. The molecular weight excluding hydrogens is 208 g/mol. The van der Waals surface area contributed by atoms with E-state index in [2.05, 4.69) is 15.3 Å². The monoisotopic (exact) mass is 220 g/mol. The molecule has 0 radical (unpaired) electrons. The third-order valence-electron chi connectivity index (χ3n) is 2.23. The molecule has 16 heavy (non-hydrogen) atoms. The van der Waals surface area contributed by atoms with Gasteiger partial charge in [-0.2, -0.15) is 10.2 Å².